The standard InChI is InChI=1S/C19H16Cl2N4O/c20-14-3-1-13(2-4-14)9-11-22-19-23-12-10-17(25-19)18(26)24-16-7-5-15(21)6-8-16/h1-8,10,12H,9,11H2,(H,24,26)(H,22,23,25). The fourth-order valence-corrected chi connectivity index (χ4v) is 2.52. The predicted octanol–water partition coefficient (Wildman–Crippen LogP) is 4.69. The summed E-state index contributed by atoms with van der Waals surface area (Å²) in [4.78, 5) is 20.7. The van der Waals surface area contributed by atoms with Gasteiger partial charge in [0, 0.05) is 28.5 Å². The number of nitrogens with zero attached hydrogens (tertiary/aromatic N) is 2. The SMILES string of the molecule is O=C(Nc1ccc(Cl)cc1)c1ccnc(NCCc2ccc(Cl)cc2)n1. The molecule has 1 aromatic heterocycles. The summed E-state index contributed by atoms with van der Waals surface area (Å²) < 4.78 is 0. The summed E-state index contributed by atoms with van der Waals surface area (Å²) in [6.07, 6.45) is 2.34. The number of hydrogen-bond acceptors (Lipinski definition) is 4. The first-order valence-corrected chi connectivity index (χ1v) is 8.74. The molecule has 0 aliphatic heterocycles. The van der Waals surface area contributed by atoms with Crippen LogP contribution in [0.1, 0.15) is 16.1 Å². The van der Waals surface area contributed by atoms with Gasteiger partial charge in [-0.2, -0.15) is 0 Å². The fourth-order valence-electron chi connectivity index (χ4n) is 2.27. The Kier molecular flexibility index (Phi) is 6.04. The van der Waals surface area contributed by atoms with E-state index in [4.69, 9.17) is 23.2 Å². The number of anilines is 2. The highest BCUT2D eigenvalue weighted by molar-refractivity contribution is 6.30. The van der Waals surface area contributed by atoms with Crippen LogP contribution in [-0.4, -0.2) is 22.4 Å². The molecule has 0 unspecified atom stereocenters. The monoisotopic (exact) mass is 386 g/mol. The highest BCUT2D eigenvalue weighted by atomic mass is 35.5. The molecule has 1 amide bonds. The molecule has 0 saturated carbocycles. The van der Waals surface area contributed by atoms with Gasteiger partial charge < -0.3 is 10.6 Å². The van der Waals surface area contributed by atoms with Crippen LogP contribution in [0, 0.1) is 0 Å². The lowest BCUT2D eigenvalue weighted by atomic mass is 10.1. The van der Waals surface area contributed by atoms with Gasteiger partial charge in [0.2, 0.25) is 5.95 Å². The van der Waals surface area contributed by atoms with Gasteiger partial charge in [-0.3, -0.25) is 4.79 Å². The lowest BCUT2D eigenvalue weighted by Gasteiger charge is -2.08. The molecule has 132 valence electrons. The van der Waals surface area contributed by atoms with Gasteiger partial charge in [-0.25, -0.2) is 9.97 Å². The zero-order valence-electron chi connectivity index (χ0n) is 13.7. The number of nitrogens with one attached hydrogen (secondary N) is 2. The first-order chi connectivity index (χ1) is 12.6. The largest absolute Gasteiger partial charge is 0.354 e. The van der Waals surface area contributed by atoms with Crippen molar-refractivity contribution in [1.29, 1.82) is 0 Å². The molecule has 0 saturated heterocycles. The maximum Gasteiger partial charge on any atom is 0.274 e. The number of carbonyl (C=O) groups excluding carboxylic acids is 1. The summed E-state index contributed by atoms with van der Waals surface area (Å²) in [7, 11) is 0. The zero-order chi connectivity index (χ0) is 18.4. The molecule has 0 aliphatic carbocycles. The van der Waals surface area contributed by atoms with E-state index in [1.165, 1.54) is 0 Å². The van der Waals surface area contributed by atoms with E-state index < -0.39 is 0 Å². The first kappa shape index (κ1) is 18.2. The van der Waals surface area contributed by atoms with Crippen LogP contribution in [0.2, 0.25) is 10.0 Å². The van der Waals surface area contributed by atoms with Gasteiger partial charge in [-0.1, -0.05) is 35.3 Å². The van der Waals surface area contributed by atoms with E-state index in [2.05, 4.69) is 20.6 Å². The number of rotatable bonds is 6. The molecule has 0 aliphatic rings. The number of aromatic nitrogens is 2. The summed E-state index contributed by atoms with van der Waals surface area (Å²) >= 11 is 11.7. The van der Waals surface area contributed by atoms with Gasteiger partial charge in [-0.05, 0) is 54.4 Å². The van der Waals surface area contributed by atoms with Crippen LogP contribution < -0.4 is 10.6 Å². The first-order valence-electron chi connectivity index (χ1n) is 7.98. The molecule has 3 aromatic rings. The van der Waals surface area contributed by atoms with Crippen molar-refractivity contribution in [3.05, 3.63) is 82.1 Å². The predicted molar refractivity (Wildman–Crippen MR) is 105 cm³/mol. The summed E-state index contributed by atoms with van der Waals surface area (Å²) in [6, 6.07) is 16.1. The van der Waals surface area contributed by atoms with E-state index >= 15 is 0 Å². The van der Waals surface area contributed by atoms with Gasteiger partial charge in [0.1, 0.15) is 5.69 Å². The molecule has 0 atom stereocenters. The van der Waals surface area contributed by atoms with E-state index in [0.717, 1.165) is 12.0 Å². The van der Waals surface area contributed by atoms with Crippen LogP contribution in [0.4, 0.5) is 11.6 Å². The van der Waals surface area contributed by atoms with Crippen molar-refractivity contribution in [3.8, 4) is 0 Å². The molecular formula is C19H16Cl2N4O. The maximum atomic E-state index is 12.3. The Morgan fingerprint density at radius 1 is 0.923 bits per heavy atom. The second-order valence-electron chi connectivity index (χ2n) is 5.53. The van der Waals surface area contributed by atoms with Gasteiger partial charge in [0.15, 0.2) is 0 Å². The summed E-state index contributed by atoms with van der Waals surface area (Å²) in [5.74, 6) is 0.0955. The Balaban J connectivity index is 1.57. The fraction of sp³-hybridized carbons (Fsp3) is 0.105. The van der Waals surface area contributed by atoms with Crippen molar-refractivity contribution in [1.82, 2.24) is 9.97 Å². The second-order valence-corrected chi connectivity index (χ2v) is 6.40. The molecule has 0 fully saturated rings. The molecular weight excluding hydrogens is 371 g/mol. The Morgan fingerprint density at radius 2 is 1.58 bits per heavy atom. The topological polar surface area (TPSA) is 66.9 Å². The normalized spacial score (nSPS) is 10.4. The molecule has 26 heavy (non-hydrogen) atoms. The smallest absolute Gasteiger partial charge is 0.274 e. The third-order valence-electron chi connectivity index (χ3n) is 3.60. The van der Waals surface area contributed by atoms with Crippen LogP contribution in [0.3, 0.4) is 0 Å². The van der Waals surface area contributed by atoms with Crippen molar-refractivity contribution in [2.24, 2.45) is 0 Å². The van der Waals surface area contributed by atoms with E-state index in [-0.39, 0.29) is 11.6 Å². The highest BCUT2D eigenvalue weighted by Gasteiger charge is 2.09. The number of halogens is 2. The summed E-state index contributed by atoms with van der Waals surface area (Å²) in [6.45, 7) is 0.643. The molecule has 5 nitrogen and oxygen atoms in total. The Morgan fingerprint density at radius 3 is 2.27 bits per heavy atom. The van der Waals surface area contributed by atoms with Crippen molar-refractivity contribution in [3.63, 3.8) is 0 Å². The van der Waals surface area contributed by atoms with Gasteiger partial charge >= 0.3 is 0 Å². The zero-order valence-corrected chi connectivity index (χ0v) is 15.3. The molecule has 1 heterocycles. The molecule has 0 radical (unpaired) electrons. The second kappa shape index (κ2) is 8.65. The van der Waals surface area contributed by atoms with Crippen molar-refractivity contribution in [2.45, 2.75) is 6.42 Å². The minimum absolute atomic E-state index is 0.281. The van der Waals surface area contributed by atoms with Gasteiger partial charge in [0.05, 0.1) is 0 Å². The average Bonchev–Trinajstić information content (AvgIpc) is 2.65. The summed E-state index contributed by atoms with van der Waals surface area (Å²) in [5, 5.41) is 7.21. The minimum atomic E-state index is -0.310. The van der Waals surface area contributed by atoms with Crippen LogP contribution in [0.5, 0.6) is 0 Å². The third-order valence-corrected chi connectivity index (χ3v) is 4.10. The van der Waals surface area contributed by atoms with Crippen molar-refractivity contribution < 1.29 is 4.79 Å². The Labute approximate surface area is 161 Å². The molecule has 3 rings (SSSR count). The molecule has 2 aromatic carbocycles. The van der Waals surface area contributed by atoms with E-state index in [9.17, 15) is 4.79 Å². The van der Waals surface area contributed by atoms with Gasteiger partial charge in [-0.15, -0.1) is 0 Å². The quantitative estimate of drug-likeness (QED) is 0.644. The lowest BCUT2D eigenvalue weighted by Crippen LogP contribution is -2.16. The van der Waals surface area contributed by atoms with Crippen LogP contribution >= 0.6 is 23.2 Å². The summed E-state index contributed by atoms with van der Waals surface area (Å²) in [5.41, 5.74) is 2.08. The number of hydrogen-bond donors (Lipinski definition) is 2. The van der Waals surface area contributed by atoms with Crippen LogP contribution in [-0.2, 0) is 6.42 Å². The molecule has 0 bridgehead atoms. The Hall–Kier alpha value is -2.63. The van der Waals surface area contributed by atoms with Crippen molar-refractivity contribution in [2.75, 3.05) is 17.2 Å². The Bertz CT molecular complexity index is 883. The van der Waals surface area contributed by atoms with E-state index in [1.54, 1.807) is 36.5 Å². The number of benzene rings is 2. The van der Waals surface area contributed by atoms with Crippen LogP contribution in [0.25, 0.3) is 0 Å². The molecule has 2 N–H and O–H groups in total. The van der Waals surface area contributed by atoms with Crippen LogP contribution in [0.15, 0.2) is 60.8 Å². The third kappa shape index (κ3) is 5.18. The van der Waals surface area contributed by atoms with E-state index in [0.29, 0.717) is 28.2 Å². The maximum absolute atomic E-state index is 12.3. The molecule has 0 spiro atoms. The molecule has 7 heteroatoms. The van der Waals surface area contributed by atoms with E-state index in [1.807, 2.05) is 24.3 Å². The minimum Gasteiger partial charge on any atom is -0.354 e. The van der Waals surface area contributed by atoms with Crippen molar-refractivity contribution >= 4 is 40.7 Å². The highest BCUT2D eigenvalue weighted by Crippen LogP contribution is 2.14. The average molecular weight is 387 g/mol. The van der Waals surface area contributed by atoms with Gasteiger partial charge in [0.25, 0.3) is 5.91 Å². The number of carbonyl (C=O) groups is 1. The number of amides is 1. The lowest BCUT2D eigenvalue weighted by molar-refractivity contribution is 0.102.